The largest absolute Gasteiger partial charge is 0.390 e. The van der Waals surface area contributed by atoms with Gasteiger partial charge in [-0.1, -0.05) is 20.8 Å². The standard InChI is InChI=1S/C11H16N2OS2/c1-7(2)8(3)16-10-9(6-14)13-4-5-15-11(13)12-10/h4-5,7-8,14H,6H2,1-3H3. The second kappa shape index (κ2) is 4.77. The van der Waals surface area contributed by atoms with Crippen molar-refractivity contribution in [2.45, 2.75) is 37.7 Å². The van der Waals surface area contributed by atoms with Gasteiger partial charge in [-0.25, -0.2) is 4.98 Å². The maximum absolute atomic E-state index is 9.41. The molecule has 0 amide bonds. The topological polar surface area (TPSA) is 37.5 Å². The summed E-state index contributed by atoms with van der Waals surface area (Å²) in [6.45, 7) is 6.65. The highest BCUT2D eigenvalue weighted by Crippen LogP contribution is 2.31. The number of fused-ring (bicyclic) bond motifs is 1. The maximum atomic E-state index is 9.41. The summed E-state index contributed by atoms with van der Waals surface area (Å²) >= 11 is 3.35. The van der Waals surface area contributed by atoms with E-state index in [1.807, 2.05) is 16.0 Å². The van der Waals surface area contributed by atoms with Crippen LogP contribution in [-0.4, -0.2) is 19.7 Å². The van der Waals surface area contributed by atoms with Crippen molar-refractivity contribution in [2.75, 3.05) is 0 Å². The van der Waals surface area contributed by atoms with Crippen LogP contribution in [0, 0.1) is 5.92 Å². The molecule has 1 N–H and O–H groups in total. The van der Waals surface area contributed by atoms with Gasteiger partial charge in [-0.05, 0) is 5.92 Å². The average molecular weight is 256 g/mol. The molecule has 3 nitrogen and oxygen atoms in total. The molecule has 2 heterocycles. The number of hydrogen-bond acceptors (Lipinski definition) is 4. The molecule has 2 aromatic rings. The molecule has 0 aromatic carbocycles. The molecular formula is C11H16N2OS2. The molecule has 0 aliphatic rings. The van der Waals surface area contributed by atoms with E-state index in [1.54, 1.807) is 23.1 Å². The first-order valence-electron chi connectivity index (χ1n) is 5.35. The Morgan fingerprint density at radius 1 is 1.50 bits per heavy atom. The number of aliphatic hydroxyl groups is 1. The molecule has 2 aromatic heterocycles. The summed E-state index contributed by atoms with van der Waals surface area (Å²) in [6.07, 6.45) is 1.96. The van der Waals surface area contributed by atoms with Crippen molar-refractivity contribution in [3.8, 4) is 0 Å². The third-order valence-corrected chi connectivity index (χ3v) is 4.93. The number of hydrogen-bond donors (Lipinski definition) is 1. The van der Waals surface area contributed by atoms with Gasteiger partial charge < -0.3 is 5.11 Å². The van der Waals surface area contributed by atoms with Crippen LogP contribution in [0.1, 0.15) is 26.5 Å². The molecule has 2 rings (SSSR count). The second-order valence-corrected chi connectivity index (χ2v) is 6.38. The van der Waals surface area contributed by atoms with Gasteiger partial charge in [-0.3, -0.25) is 4.40 Å². The Kier molecular flexibility index (Phi) is 3.56. The van der Waals surface area contributed by atoms with Crippen LogP contribution in [0.2, 0.25) is 0 Å². The van der Waals surface area contributed by atoms with E-state index in [9.17, 15) is 5.11 Å². The molecule has 0 saturated heterocycles. The molecule has 0 bridgehead atoms. The van der Waals surface area contributed by atoms with Crippen LogP contribution in [0.4, 0.5) is 0 Å². The van der Waals surface area contributed by atoms with Gasteiger partial charge in [0.25, 0.3) is 0 Å². The summed E-state index contributed by atoms with van der Waals surface area (Å²) in [7, 11) is 0. The fraction of sp³-hybridized carbons (Fsp3) is 0.545. The highest BCUT2D eigenvalue weighted by atomic mass is 32.2. The monoisotopic (exact) mass is 256 g/mol. The van der Waals surface area contributed by atoms with E-state index in [0.29, 0.717) is 11.2 Å². The summed E-state index contributed by atoms with van der Waals surface area (Å²) in [5.41, 5.74) is 0.911. The summed E-state index contributed by atoms with van der Waals surface area (Å²) in [5.74, 6) is 0.608. The highest BCUT2D eigenvalue weighted by molar-refractivity contribution is 7.99. The molecule has 1 atom stereocenters. The lowest BCUT2D eigenvalue weighted by atomic mass is 10.2. The van der Waals surface area contributed by atoms with Crippen molar-refractivity contribution < 1.29 is 5.11 Å². The number of imidazole rings is 1. The van der Waals surface area contributed by atoms with Crippen LogP contribution in [0.3, 0.4) is 0 Å². The number of thioether (sulfide) groups is 1. The van der Waals surface area contributed by atoms with Crippen LogP contribution in [0.25, 0.3) is 4.96 Å². The van der Waals surface area contributed by atoms with Gasteiger partial charge >= 0.3 is 0 Å². The van der Waals surface area contributed by atoms with Gasteiger partial charge in [-0.15, -0.1) is 23.1 Å². The van der Waals surface area contributed by atoms with Gasteiger partial charge in [0.1, 0.15) is 5.03 Å². The Balaban J connectivity index is 2.32. The zero-order valence-electron chi connectivity index (χ0n) is 9.67. The smallest absolute Gasteiger partial charge is 0.195 e. The molecule has 16 heavy (non-hydrogen) atoms. The predicted octanol–water partition coefficient (Wildman–Crippen LogP) is 3.02. The van der Waals surface area contributed by atoms with E-state index in [0.717, 1.165) is 15.7 Å². The first kappa shape index (κ1) is 12.0. The van der Waals surface area contributed by atoms with E-state index in [4.69, 9.17) is 0 Å². The molecule has 1 unspecified atom stereocenters. The van der Waals surface area contributed by atoms with Crippen LogP contribution >= 0.6 is 23.1 Å². The third-order valence-electron chi connectivity index (χ3n) is 2.71. The van der Waals surface area contributed by atoms with Crippen molar-refractivity contribution in [2.24, 2.45) is 5.92 Å². The molecule has 0 fully saturated rings. The van der Waals surface area contributed by atoms with Gasteiger partial charge in [-0.2, -0.15) is 0 Å². The van der Waals surface area contributed by atoms with E-state index >= 15 is 0 Å². The minimum atomic E-state index is 0.0467. The molecule has 0 radical (unpaired) electrons. The van der Waals surface area contributed by atoms with Crippen LogP contribution < -0.4 is 0 Å². The van der Waals surface area contributed by atoms with Crippen molar-refractivity contribution in [1.29, 1.82) is 0 Å². The summed E-state index contributed by atoms with van der Waals surface area (Å²) in [6, 6.07) is 0. The predicted molar refractivity (Wildman–Crippen MR) is 69.1 cm³/mol. The van der Waals surface area contributed by atoms with Gasteiger partial charge in [0, 0.05) is 16.8 Å². The molecule has 0 saturated carbocycles. The Labute approximate surface area is 104 Å². The summed E-state index contributed by atoms with van der Waals surface area (Å²) in [5, 5.41) is 12.9. The Hall–Kier alpha value is -0.520. The Bertz CT molecular complexity index is 475. The first-order valence-corrected chi connectivity index (χ1v) is 7.11. The molecule has 0 aliphatic heterocycles. The average Bonchev–Trinajstić information content (AvgIpc) is 2.77. The lowest BCUT2D eigenvalue weighted by molar-refractivity contribution is 0.272. The second-order valence-electron chi connectivity index (χ2n) is 4.14. The number of rotatable bonds is 4. The highest BCUT2D eigenvalue weighted by Gasteiger charge is 2.17. The third kappa shape index (κ3) is 2.12. The zero-order valence-corrected chi connectivity index (χ0v) is 11.3. The zero-order chi connectivity index (χ0) is 11.7. The van der Waals surface area contributed by atoms with Crippen LogP contribution in [0.15, 0.2) is 16.6 Å². The Morgan fingerprint density at radius 3 is 2.88 bits per heavy atom. The van der Waals surface area contributed by atoms with Crippen molar-refractivity contribution >= 4 is 28.1 Å². The van der Waals surface area contributed by atoms with Crippen LogP contribution in [-0.2, 0) is 6.61 Å². The van der Waals surface area contributed by atoms with E-state index < -0.39 is 0 Å². The molecule has 88 valence electrons. The number of nitrogens with zero attached hydrogens (tertiary/aromatic N) is 2. The van der Waals surface area contributed by atoms with E-state index in [1.165, 1.54) is 0 Å². The minimum Gasteiger partial charge on any atom is -0.390 e. The molecule has 0 aliphatic carbocycles. The molecule has 0 spiro atoms. The number of aliphatic hydroxyl groups excluding tert-OH is 1. The van der Waals surface area contributed by atoms with Crippen molar-refractivity contribution in [3.05, 3.63) is 17.3 Å². The lowest BCUT2D eigenvalue weighted by Crippen LogP contribution is -2.06. The molecular weight excluding hydrogens is 240 g/mol. The Morgan fingerprint density at radius 2 is 2.25 bits per heavy atom. The van der Waals surface area contributed by atoms with Gasteiger partial charge in [0.05, 0.1) is 12.3 Å². The SMILES string of the molecule is CC(C)C(C)Sc1nc2sccn2c1CO. The van der Waals surface area contributed by atoms with E-state index in [2.05, 4.69) is 25.8 Å². The quantitative estimate of drug-likeness (QED) is 0.854. The normalized spacial score (nSPS) is 13.8. The number of aromatic nitrogens is 2. The first-order chi connectivity index (χ1) is 7.63. The van der Waals surface area contributed by atoms with Gasteiger partial charge in [0.2, 0.25) is 0 Å². The maximum Gasteiger partial charge on any atom is 0.195 e. The molecule has 5 heteroatoms. The van der Waals surface area contributed by atoms with Crippen molar-refractivity contribution in [3.63, 3.8) is 0 Å². The fourth-order valence-corrected chi connectivity index (χ4v) is 3.22. The summed E-state index contributed by atoms with van der Waals surface area (Å²) < 4.78 is 1.97. The minimum absolute atomic E-state index is 0.0467. The van der Waals surface area contributed by atoms with Crippen molar-refractivity contribution in [1.82, 2.24) is 9.38 Å². The number of thiazole rings is 1. The summed E-state index contributed by atoms with van der Waals surface area (Å²) in [4.78, 5) is 5.51. The fourth-order valence-electron chi connectivity index (χ4n) is 1.36. The van der Waals surface area contributed by atoms with E-state index in [-0.39, 0.29) is 6.61 Å². The van der Waals surface area contributed by atoms with Crippen LogP contribution in [0.5, 0.6) is 0 Å². The van der Waals surface area contributed by atoms with Gasteiger partial charge in [0.15, 0.2) is 4.96 Å². The lowest BCUT2D eigenvalue weighted by Gasteiger charge is -2.13.